The maximum absolute atomic E-state index is 13.1. The van der Waals surface area contributed by atoms with Gasteiger partial charge in [0.1, 0.15) is 0 Å². The predicted octanol–water partition coefficient (Wildman–Crippen LogP) is 6.31. The van der Waals surface area contributed by atoms with Crippen LogP contribution in [0, 0.1) is 5.92 Å². The predicted molar refractivity (Wildman–Crippen MR) is 148 cm³/mol. The van der Waals surface area contributed by atoms with Crippen LogP contribution in [0.2, 0.25) is 0 Å². The fourth-order valence-electron chi connectivity index (χ4n) is 6.19. The molecule has 6 heteroatoms. The normalized spacial score (nSPS) is 22.7. The molecule has 0 bridgehead atoms. The standard InChI is InChI=1S/C31H34N4O2/c1-23-14-16-31(17-15-23,35-20-18-34(19-21-35)26-10-3-2-4-11-26)24-8-7-9-25(22-24)32-30(36)29-27-12-5-6-13-28(27)37-33-29/h2-13,22-23H,14-21H2,1H3,(H,32,36). The van der Waals surface area contributed by atoms with E-state index in [-0.39, 0.29) is 11.4 Å². The minimum atomic E-state index is -0.245. The number of carbonyl (C=O) groups is 1. The van der Waals surface area contributed by atoms with E-state index in [0.29, 0.717) is 11.3 Å². The number of nitrogens with zero attached hydrogens (tertiary/aromatic N) is 3. The maximum atomic E-state index is 13.1. The topological polar surface area (TPSA) is 61.6 Å². The molecule has 190 valence electrons. The third-order valence-electron chi connectivity index (χ3n) is 8.36. The average Bonchev–Trinajstić information content (AvgIpc) is 3.39. The van der Waals surface area contributed by atoms with Crippen molar-refractivity contribution in [2.75, 3.05) is 36.4 Å². The van der Waals surface area contributed by atoms with Crippen molar-refractivity contribution in [3.63, 3.8) is 0 Å². The highest BCUT2D eigenvalue weighted by atomic mass is 16.5. The molecule has 2 heterocycles. The molecule has 1 saturated carbocycles. The number of fused-ring (bicyclic) bond motifs is 1. The van der Waals surface area contributed by atoms with Crippen molar-refractivity contribution in [3.8, 4) is 0 Å². The molecule has 6 nitrogen and oxygen atoms in total. The Morgan fingerprint density at radius 1 is 0.919 bits per heavy atom. The second-order valence-electron chi connectivity index (χ2n) is 10.6. The first-order valence-corrected chi connectivity index (χ1v) is 13.4. The number of piperazine rings is 1. The lowest BCUT2D eigenvalue weighted by Gasteiger charge is -2.51. The van der Waals surface area contributed by atoms with Crippen molar-refractivity contribution >= 4 is 28.3 Å². The Hall–Kier alpha value is -3.64. The molecule has 0 spiro atoms. The monoisotopic (exact) mass is 494 g/mol. The van der Waals surface area contributed by atoms with Crippen molar-refractivity contribution in [2.45, 2.75) is 38.1 Å². The maximum Gasteiger partial charge on any atom is 0.278 e. The Morgan fingerprint density at radius 3 is 2.43 bits per heavy atom. The summed E-state index contributed by atoms with van der Waals surface area (Å²) in [5.41, 5.74) is 4.34. The first kappa shape index (κ1) is 23.7. The highest BCUT2D eigenvalue weighted by Crippen LogP contribution is 2.45. The molecule has 1 aromatic heterocycles. The lowest BCUT2D eigenvalue weighted by atomic mass is 9.71. The molecular formula is C31H34N4O2. The van der Waals surface area contributed by atoms with Crippen molar-refractivity contribution in [1.29, 1.82) is 0 Å². The first-order chi connectivity index (χ1) is 18.1. The van der Waals surface area contributed by atoms with Crippen LogP contribution in [0.3, 0.4) is 0 Å². The number of benzene rings is 3. The van der Waals surface area contributed by atoms with Gasteiger partial charge in [0, 0.05) is 43.1 Å². The van der Waals surface area contributed by atoms with E-state index in [9.17, 15) is 4.79 Å². The number of para-hydroxylation sites is 2. The average molecular weight is 495 g/mol. The number of hydrogen-bond donors (Lipinski definition) is 1. The largest absolute Gasteiger partial charge is 0.369 e. The second-order valence-corrected chi connectivity index (χ2v) is 10.6. The van der Waals surface area contributed by atoms with Gasteiger partial charge < -0.3 is 14.7 Å². The molecule has 0 atom stereocenters. The molecule has 2 aliphatic rings. The van der Waals surface area contributed by atoms with Crippen LogP contribution >= 0.6 is 0 Å². The Balaban J connectivity index is 1.24. The van der Waals surface area contributed by atoms with Crippen molar-refractivity contribution < 1.29 is 9.32 Å². The minimum Gasteiger partial charge on any atom is -0.369 e. The fourth-order valence-corrected chi connectivity index (χ4v) is 6.19. The van der Waals surface area contributed by atoms with Gasteiger partial charge in [0.2, 0.25) is 0 Å². The molecule has 6 rings (SSSR count). The van der Waals surface area contributed by atoms with Gasteiger partial charge in [-0.3, -0.25) is 9.69 Å². The van der Waals surface area contributed by atoms with E-state index >= 15 is 0 Å². The lowest BCUT2D eigenvalue weighted by molar-refractivity contribution is 0.0299. The summed E-state index contributed by atoms with van der Waals surface area (Å²) in [6.45, 7) is 6.49. The molecule has 1 amide bonds. The Bertz CT molecular complexity index is 1370. The molecule has 3 aromatic carbocycles. The van der Waals surface area contributed by atoms with Gasteiger partial charge in [0.05, 0.1) is 5.39 Å². The number of amides is 1. The number of rotatable bonds is 5. The molecular weight excluding hydrogens is 460 g/mol. The Kier molecular flexibility index (Phi) is 6.43. The van der Waals surface area contributed by atoms with E-state index in [1.807, 2.05) is 30.3 Å². The molecule has 1 aliphatic heterocycles. The summed E-state index contributed by atoms with van der Waals surface area (Å²) in [4.78, 5) is 18.3. The van der Waals surface area contributed by atoms with Crippen LogP contribution < -0.4 is 10.2 Å². The van der Waals surface area contributed by atoms with E-state index in [2.05, 4.69) is 75.7 Å². The zero-order valence-electron chi connectivity index (χ0n) is 21.4. The summed E-state index contributed by atoms with van der Waals surface area (Å²) in [7, 11) is 0. The van der Waals surface area contributed by atoms with Gasteiger partial charge in [-0.25, -0.2) is 0 Å². The number of aromatic nitrogens is 1. The van der Waals surface area contributed by atoms with Crippen LogP contribution in [0.4, 0.5) is 11.4 Å². The fraction of sp³-hybridized carbons (Fsp3) is 0.355. The van der Waals surface area contributed by atoms with E-state index in [1.54, 1.807) is 0 Å². The van der Waals surface area contributed by atoms with Gasteiger partial charge in [-0.05, 0) is 73.6 Å². The number of carbonyl (C=O) groups excluding carboxylic acids is 1. The van der Waals surface area contributed by atoms with Crippen LogP contribution in [0.15, 0.2) is 83.4 Å². The highest BCUT2D eigenvalue weighted by molar-refractivity contribution is 6.10. The van der Waals surface area contributed by atoms with Gasteiger partial charge in [0.25, 0.3) is 5.91 Å². The van der Waals surface area contributed by atoms with Crippen LogP contribution in [0.25, 0.3) is 11.0 Å². The summed E-state index contributed by atoms with van der Waals surface area (Å²) in [5.74, 6) is 0.506. The second kappa shape index (κ2) is 10.0. The first-order valence-electron chi connectivity index (χ1n) is 13.4. The smallest absolute Gasteiger partial charge is 0.278 e. The molecule has 1 saturated heterocycles. The summed E-state index contributed by atoms with van der Waals surface area (Å²) in [5, 5.41) is 7.84. The summed E-state index contributed by atoms with van der Waals surface area (Å²) in [6, 6.07) is 26.7. The van der Waals surface area contributed by atoms with Crippen LogP contribution in [-0.4, -0.2) is 42.1 Å². The third kappa shape index (κ3) is 4.62. The van der Waals surface area contributed by atoms with Gasteiger partial charge in [0.15, 0.2) is 11.3 Å². The molecule has 2 fully saturated rings. The minimum absolute atomic E-state index is 0.00336. The van der Waals surface area contributed by atoms with E-state index in [0.717, 1.165) is 56.0 Å². The molecule has 37 heavy (non-hydrogen) atoms. The Labute approximate surface area is 218 Å². The van der Waals surface area contributed by atoms with Crippen LogP contribution in [-0.2, 0) is 5.54 Å². The number of anilines is 2. The van der Waals surface area contributed by atoms with Crippen molar-refractivity contribution in [2.24, 2.45) is 5.92 Å². The molecule has 4 aromatic rings. The van der Waals surface area contributed by atoms with Gasteiger partial charge in [-0.1, -0.05) is 54.5 Å². The molecule has 1 N–H and O–H groups in total. The summed E-state index contributed by atoms with van der Waals surface area (Å²) in [6.07, 6.45) is 4.73. The Morgan fingerprint density at radius 2 is 1.65 bits per heavy atom. The van der Waals surface area contributed by atoms with Crippen molar-refractivity contribution in [3.05, 3.63) is 90.1 Å². The SMILES string of the molecule is CC1CCC(c2cccc(NC(=O)c3noc4ccccc34)c2)(N2CCN(c3ccccc3)CC2)CC1. The van der Waals surface area contributed by atoms with Gasteiger partial charge >= 0.3 is 0 Å². The van der Waals surface area contributed by atoms with Crippen molar-refractivity contribution in [1.82, 2.24) is 10.1 Å². The zero-order chi connectivity index (χ0) is 25.2. The summed E-state index contributed by atoms with van der Waals surface area (Å²) >= 11 is 0. The number of nitrogens with one attached hydrogen (secondary N) is 1. The third-order valence-corrected chi connectivity index (χ3v) is 8.36. The quantitative estimate of drug-likeness (QED) is 0.352. The highest BCUT2D eigenvalue weighted by Gasteiger charge is 2.42. The molecule has 0 unspecified atom stereocenters. The lowest BCUT2D eigenvalue weighted by Crippen LogP contribution is -2.56. The van der Waals surface area contributed by atoms with E-state index in [1.165, 1.54) is 24.1 Å². The summed E-state index contributed by atoms with van der Waals surface area (Å²) < 4.78 is 5.35. The van der Waals surface area contributed by atoms with E-state index in [4.69, 9.17) is 4.52 Å². The molecule has 1 aliphatic carbocycles. The van der Waals surface area contributed by atoms with Crippen LogP contribution in [0.5, 0.6) is 0 Å². The zero-order valence-corrected chi connectivity index (χ0v) is 21.4. The van der Waals surface area contributed by atoms with Gasteiger partial charge in [-0.2, -0.15) is 0 Å². The number of hydrogen-bond acceptors (Lipinski definition) is 5. The van der Waals surface area contributed by atoms with Gasteiger partial charge in [-0.15, -0.1) is 0 Å². The van der Waals surface area contributed by atoms with E-state index < -0.39 is 0 Å². The molecule has 0 radical (unpaired) electrons. The van der Waals surface area contributed by atoms with Crippen LogP contribution in [0.1, 0.15) is 48.7 Å².